The molecular formula is C18H30N4O. The van der Waals surface area contributed by atoms with Crippen LogP contribution in [-0.2, 0) is 0 Å². The van der Waals surface area contributed by atoms with Gasteiger partial charge in [0, 0.05) is 50.7 Å². The molecule has 2 rings (SSSR count). The summed E-state index contributed by atoms with van der Waals surface area (Å²) in [7, 11) is 0. The van der Waals surface area contributed by atoms with Crippen molar-refractivity contribution in [2.24, 2.45) is 5.92 Å². The van der Waals surface area contributed by atoms with Crippen molar-refractivity contribution in [1.82, 2.24) is 20.1 Å². The minimum absolute atomic E-state index is 0.0754. The van der Waals surface area contributed by atoms with E-state index < -0.39 is 0 Å². The van der Waals surface area contributed by atoms with Crippen molar-refractivity contribution in [1.29, 1.82) is 0 Å². The Morgan fingerprint density at radius 3 is 2.52 bits per heavy atom. The molecule has 1 fully saturated rings. The van der Waals surface area contributed by atoms with Crippen LogP contribution in [0, 0.1) is 5.92 Å². The highest BCUT2D eigenvalue weighted by Gasteiger charge is 2.25. The second kappa shape index (κ2) is 8.29. The predicted molar refractivity (Wildman–Crippen MR) is 93.2 cm³/mol. The van der Waals surface area contributed by atoms with Gasteiger partial charge in [-0.25, -0.2) is 4.79 Å². The van der Waals surface area contributed by atoms with E-state index in [2.05, 4.69) is 49.0 Å². The number of urea groups is 1. The largest absolute Gasteiger partial charge is 0.335 e. The molecule has 0 unspecified atom stereocenters. The zero-order chi connectivity index (χ0) is 16.8. The van der Waals surface area contributed by atoms with Crippen molar-refractivity contribution < 1.29 is 4.79 Å². The van der Waals surface area contributed by atoms with Gasteiger partial charge in [0.15, 0.2) is 0 Å². The van der Waals surface area contributed by atoms with E-state index in [4.69, 9.17) is 0 Å². The summed E-state index contributed by atoms with van der Waals surface area (Å²) in [6.45, 7) is 12.0. The summed E-state index contributed by atoms with van der Waals surface area (Å²) in [6, 6.07) is 4.73. The van der Waals surface area contributed by atoms with Gasteiger partial charge in [0.25, 0.3) is 0 Å². The van der Waals surface area contributed by atoms with Gasteiger partial charge < -0.3 is 10.2 Å². The number of hydrogen-bond donors (Lipinski definition) is 1. The molecule has 0 bridgehead atoms. The average molecular weight is 318 g/mol. The summed E-state index contributed by atoms with van der Waals surface area (Å²) in [5.41, 5.74) is 1.23. The number of amides is 2. The van der Waals surface area contributed by atoms with Crippen LogP contribution in [0.4, 0.5) is 4.79 Å². The number of piperazine rings is 1. The van der Waals surface area contributed by atoms with Gasteiger partial charge in [-0.1, -0.05) is 26.3 Å². The van der Waals surface area contributed by atoms with Gasteiger partial charge in [0.1, 0.15) is 0 Å². The molecule has 1 N–H and O–H groups in total. The quantitative estimate of drug-likeness (QED) is 0.908. The van der Waals surface area contributed by atoms with E-state index in [1.54, 1.807) is 6.20 Å². The molecule has 3 atom stereocenters. The molecule has 5 nitrogen and oxygen atoms in total. The van der Waals surface area contributed by atoms with Gasteiger partial charge in [0.05, 0.1) is 0 Å². The first-order chi connectivity index (χ1) is 11.0. The molecule has 0 saturated carbocycles. The van der Waals surface area contributed by atoms with E-state index in [0.29, 0.717) is 12.0 Å². The van der Waals surface area contributed by atoms with Gasteiger partial charge in [-0.2, -0.15) is 0 Å². The minimum atomic E-state index is 0.0754. The Labute approximate surface area is 140 Å². The number of hydrogen-bond acceptors (Lipinski definition) is 3. The number of aromatic nitrogens is 1. The SMILES string of the molecule is CC[C@H](C)[C@H](C)NC(=O)N1CCN([C@@H](C)c2cccnc2)CC1. The average Bonchev–Trinajstić information content (AvgIpc) is 2.61. The molecular weight excluding hydrogens is 288 g/mol. The Morgan fingerprint density at radius 2 is 1.96 bits per heavy atom. The molecule has 1 saturated heterocycles. The van der Waals surface area contributed by atoms with Crippen molar-refractivity contribution in [2.75, 3.05) is 26.2 Å². The van der Waals surface area contributed by atoms with Crippen molar-refractivity contribution in [3.05, 3.63) is 30.1 Å². The van der Waals surface area contributed by atoms with Crippen LogP contribution in [0.25, 0.3) is 0 Å². The Hall–Kier alpha value is -1.62. The molecule has 0 aliphatic carbocycles. The van der Waals surface area contributed by atoms with Crippen molar-refractivity contribution in [3.63, 3.8) is 0 Å². The molecule has 5 heteroatoms. The van der Waals surface area contributed by atoms with E-state index in [-0.39, 0.29) is 12.1 Å². The number of pyridine rings is 1. The van der Waals surface area contributed by atoms with Gasteiger partial charge in [-0.05, 0) is 31.4 Å². The molecule has 1 aliphatic heterocycles. The van der Waals surface area contributed by atoms with Crippen LogP contribution in [0.1, 0.15) is 45.7 Å². The summed E-state index contributed by atoms with van der Waals surface area (Å²) in [5, 5.41) is 3.13. The van der Waals surface area contributed by atoms with Crippen molar-refractivity contribution >= 4 is 6.03 Å². The summed E-state index contributed by atoms with van der Waals surface area (Å²) in [4.78, 5) is 20.9. The van der Waals surface area contributed by atoms with Crippen LogP contribution in [0.2, 0.25) is 0 Å². The maximum absolute atomic E-state index is 12.4. The van der Waals surface area contributed by atoms with Crippen LogP contribution in [0.5, 0.6) is 0 Å². The molecule has 2 amide bonds. The topological polar surface area (TPSA) is 48.5 Å². The number of carbonyl (C=O) groups excluding carboxylic acids is 1. The third-order valence-electron chi connectivity index (χ3n) is 5.16. The summed E-state index contributed by atoms with van der Waals surface area (Å²) in [5.74, 6) is 0.505. The molecule has 0 spiro atoms. The third kappa shape index (κ3) is 4.67. The highest BCUT2D eigenvalue weighted by molar-refractivity contribution is 5.74. The molecule has 1 aromatic rings. The number of carbonyl (C=O) groups is 1. The number of nitrogens with one attached hydrogen (secondary N) is 1. The molecule has 0 radical (unpaired) electrons. The Balaban J connectivity index is 1.82. The fourth-order valence-corrected chi connectivity index (χ4v) is 2.93. The van der Waals surface area contributed by atoms with E-state index >= 15 is 0 Å². The zero-order valence-electron chi connectivity index (χ0n) is 14.8. The molecule has 2 heterocycles. The first-order valence-electron chi connectivity index (χ1n) is 8.72. The molecule has 1 aliphatic rings. The second-order valence-electron chi connectivity index (χ2n) is 6.61. The lowest BCUT2D eigenvalue weighted by molar-refractivity contribution is 0.111. The van der Waals surface area contributed by atoms with Crippen molar-refractivity contribution in [2.45, 2.75) is 46.2 Å². The lowest BCUT2D eigenvalue weighted by Gasteiger charge is -2.38. The minimum Gasteiger partial charge on any atom is -0.335 e. The van der Waals surface area contributed by atoms with E-state index in [1.807, 2.05) is 17.2 Å². The highest BCUT2D eigenvalue weighted by Crippen LogP contribution is 2.20. The van der Waals surface area contributed by atoms with Gasteiger partial charge in [-0.15, -0.1) is 0 Å². The van der Waals surface area contributed by atoms with Crippen LogP contribution < -0.4 is 5.32 Å². The smallest absolute Gasteiger partial charge is 0.317 e. The van der Waals surface area contributed by atoms with Crippen LogP contribution in [-0.4, -0.2) is 53.0 Å². The normalized spacial score (nSPS) is 19.9. The predicted octanol–water partition coefficient (Wildman–Crippen LogP) is 2.90. The van der Waals surface area contributed by atoms with E-state index in [1.165, 1.54) is 5.56 Å². The van der Waals surface area contributed by atoms with Gasteiger partial charge in [-0.3, -0.25) is 9.88 Å². The standard InChI is InChI=1S/C18H30N4O/c1-5-14(2)15(3)20-18(23)22-11-9-21(10-12-22)16(4)17-7-6-8-19-13-17/h6-8,13-16H,5,9-12H2,1-4H3,(H,20,23)/t14-,15-,16-/m0/s1. The van der Waals surface area contributed by atoms with Crippen LogP contribution in [0.3, 0.4) is 0 Å². The monoisotopic (exact) mass is 318 g/mol. The fraction of sp³-hybridized carbons (Fsp3) is 0.667. The van der Waals surface area contributed by atoms with Crippen molar-refractivity contribution in [3.8, 4) is 0 Å². The third-order valence-corrected chi connectivity index (χ3v) is 5.16. The lowest BCUT2D eigenvalue weighted by Crippen LogP contribution is -2.54. The maximum Gasteiger partial charge on any atom is 0.317 e. The number of nitrogens with zero attached hydrogens (tertiary/aromatic N) is 3. The first kappa shape index (κ1) is 17.7. The number of rotatable bonds is 5. The van der Waals surface area contributed by atoms with Crippen LogP contribution in [0.15, 0.2) is 24.5 Å². The van der Waals surface area contributed by atoms with Crippen LogP contribution >= 0.6 is 0 Å². The maximum atomic E-state index is 12.4. The highest BCUT2D eigenvalue weighted by atomic mass is 16.2. The molecule has 0 aromatic carbocycles. The lowest BCUT2D eigenvalue weighted by atomic mass is 10.0. The Bertz CT molecular complexity index is 485. The molecule has 1 aromatic heterocycles. The Kier molecular flexibility index (Phi) is 6.39. The molecule has 128 valence electrons. The molecule has 23 heavy (non-hydrogen) atoms. The zero-order valence-corrected chi connectivity index (χ0v) is 14.8. The summed E-state index contributed by atoms with van der Waals surface area (Å²) >= 11 is 0. The first-order valence-corrected chi connectivity index (χ1v) is 8.72. The summed E-state index contributed by atoms with van der Waals surface area (Å²) in [6.07, 6.45) is 4.81. The second-order valence-corrected chi connectivity index (χ2v) is 6.61. The Morgan fingerprint density at radius 1 is 1.26 bits per heavy atom. The fourth-order valence-electron chi connectivity index (χ4n) is 2.93. The van der Waals surface area contributed by atoms with Gasteiger partial charge in [0.2, 0.25) is 0 Å². The van der Waals surface area contributed by atoms with Gasteiger partial charge >= 0.3 is 6.03 Å². The van der Waals surface area contributed by atoms with E-state index in [0.717, 1.165) is 32.6 Å². The summed E-state index contributed by atoms with van der Waals surface area (Å²) < 4.78 is 0. The van der Waals surface area contributed by atoms with E-state index in [9.17, 15) is 4.79 Å².